The maximum absolute atomic E-state index is 11.8. The first-order valence-corrected chi connectivity index (χ1v) is 6.34. The Morgan fingerprint density at radius 3 is 2.65 bits per heavy atom. The fourth-order valence-corrected chi connectivity index (χ4v) is 1.66. The molecule has 0 aliphatic heterocycles. The van der Waals surface area contributed by atoms with Crippen molar-refractivity contribution >= 4 is 35.6 Å². The average Bonchev–Trinajstić information content (AvgIpc) is 2.33. The lowest BCUT2D eigenvalue weighted by molar-refractivity contribution is -0.118. The van der Waals surface area contributed by atoms with E-state index >= 15 is 0 Å². The van der Waals surface area contributed by atoms with Crippen LogP contribution in [0.5, 0.6) is 5.75 Å². The van der Waals surface area contributed by atoms with Crippen molar-refractivity contribution in [2.75, 3.05) is 19.0 Å². The summed E-state index contributed by atoms with van der Waals surface area (Å²) in [5.41, 5.74) is 6.15. The molecule has 1 unspecified atom stereocenters. The summed E-state index contributed by atoms with van der Waals surface area (Å²) in [6.07, 6.45) is -0.0526. The fraction of sp³-hybridized carbons (Fsp3) is 0.462. The predicted molar refractivity (Wildman–Crippen MR) is 82.9 cm³/mol. The van der Waals surface area contributed by atoms with Gasteiger partial charge in [0.05, 0.1) is 23.4 Å². The van der Waals surface area contributed by atoms with Crippen molar-refractivity contribution in [1.29, 1.82) is 0 Å². The molecule has 1 aromatic rings. The minimum atomic E-state index is -0.740. The van der Waals surface area contributed by atoms with Crippen molar-refractivity contribution < 1.29 is 14.3 Å². The molecule has 5 nitrogen and oxygen atoms in total. The third-order valence-corrected chi connectivity index (χ3v) is 2.56. The molecule has 0 saturated carbocycles. The second kappa shape index (κ2) is 9.02. The van der Waals surface area contributed by atoms with Crippen molar-refractivity contribution in [2.24, 2.45) is 5.73 Å². The summed E-state index contributed by atoms with van der Waals surface area (Å²) < 4.78 is 10.4. The number of ether oxygens (including phenoxy) is 2. The van der Waals surface area contributed by atoms with Crippen molar-refractivity contribution in [3.05, 3.63) is 23.2 Å². The number of amides is 1. The molecule has 1 atom stereocenters. The van der Waals surface area contributed by atoms with Crippen LogP contribution in [0.3, 0.4) is 0 Å². The van der Waals surface area contributed by atoms with Gasteiger partial charge in [-0.15, -0.1) is 12.4 Å². The fourth-order valence-electron chi connectivity index (χ4n) is 1.44. The summed E-state index contributed by atoms with van der Waals surface area (Å²) in [7, 11) is 1.49. The van der Waals surface area contributed by atoms with Gasteiger partial charge in [0.15, 0.2) is 5.75 Å². The van der Waals surface area contributed by atoms with Gasteiger partial charge in [0.2, 0.25) is 5.91 Å². The van der Waals surface area contributed by atoms with E-state index < -0.39 is 6.04 Å². The Morgan fingerprint density at radius 1 is 1.45 bits per heavy atom. The van der Waals surface area contributed by atoms with Crippen molar-refractivity contribution in [2.45, 2.75) is 26.0 Å². The smallest absolute Gasteiger partial charge is 0.243 e. The highest BCUT2D eigenvalue weighted by Crippen LogP contribution is 2.33. The normalized spacial score (nSPS) is 11.7. The second-order valence-corrected chi connectivity index (χ2v) is 4.74. The van der Waals surface area contributed by atoms with Crippen LogP contribution in [0.15, 0.2) is 18.2 Å². The topological polar surface area (TPSA) is 73.6 Å². The molecule has 0 bridgehead atoms. The third kappa shape index (κ3) is 5.54. The summed E-state index contributed by atoms with van der Waals surface area (Å²) in [4.78, 5) is 11.8. The van der Waals surface area contributed by atoms with Crippen LogP contribution in [0.1, 0.15) is 13.8 Å². The molecule has 0 aliphatic carbocycles. The van der Waals surface area contributed by atoms with Gasteiger partial charge in [0.1, 0.15) is 6.04 Å². The number of methoxy groups -OCH3 is 1. The van der Waals surface area contributed by atoms with E-state index in [0.29, 0.717) is 16.5 Å². The maximum Gasteiger partial charge on any atom is 0.243 e. The van der Waals surface area contributed by atoms with Crippen LogP contribution in [0.25, 0.3) is 0 Å². The number of hydrogen-bond donors (Lipinski definition) is 2. The number of nitrogens with two attached hydrogens (primary N) is 1. The number of carbonyl (C=O) groups is 1. The molecule has 20 heavy (non-hydrogen) atoms. The lowest BCUT2D eigenvalue weighted by Crippen LogP contribution is -2.39. The number of halogens is 2. The molecule has 1 aromatic carbocycles. The minimum absolute atomic E-state index is 0. The summed E-state index contributed by atoms with van der Waals surface area (Å²) >= 11 is 6.07. The van der Waals surface area contributed by atoms with Crippen molar-refractivity contribution in [3.8, 4) is 5.75 Å². The summed E-state index contributed by atoms with van der Waals surface area (Å²) in [6.45, 7) is 3.91. The second-order valence-electron chi connectivity index (χ2n) is 4.33. The first kappa shape index (κ1) is 19.0. The van der Waals surface area contributed by atoms with Crippen molar-refractivity contribution in [3.63, 3.8) is 0 Å². The average molecular weight is 323 g/mol. The van der Waals surface area contributed by atoms with Crippen molar-refractivity contribution in [1.82, 2.24) is 0 Å². The molecule has 7 heteroatoms. The van der Waals surface area contributed by atoms with Gasteiger partial charge in [-0.05, 0) is 26.0 Å². The Kier molecular flexibility index (Phi) is 8.57. The largest absolute Gasteiger partial charge is 0.487 e. The van der Waals surface area contributed by atoms with E-state index in [2.05, 4.69) is 5.32 Å². The van der Waals surface area contributed by atoms with Crippen LogP contribution in [-0.4, -0.2) is 31.8 Å². The van der Waals surface area contributed by atoms with Crippen LogP contribution in [-0.2, 0) is 9.53 Å². The number of para-hydroxylation sites is 1. The molecular weight excluding hydrogens is 303 g/mol. The molecule has 0 saturated heterocycles. The number of benzene rings is 1. The van der Waals surface area contributed by atoms with E-state index in [0.717, 1.165) is 0 Å². The standard InChI is InChI=1S/C13H19ClN2O3.ClH/c1-8(2)19-12-9(14)5-4-6-11(12)16-13(17)10(15)7-18-3;/h4-6,8,10H,7,15H2,1-3H3,(H,16,17);1H. The molecule has 0 fully saturated rings. The lowest BCUT2D eigenvalue weighted by atomic mass is 10.2. The van der Waals surface area contributed by atoms with Gasteiger partial charge >= 0.3 is 0 Å². The number of anilines is 1. The van der Waals surface area contributed by atoms with Crippen LogP contribution in [0, 0.1) is 0 Å². The molecule has 0 heterocycles. The SMILES string of the molecule is COCC(N)C(=O)Nc1cccc(Cl)c1OC(C)C.Cl. The number of rotatable bonds is 6. The Hall–Kier alpha value is -1.01. The first-order chi connectivity index (χ1) is 8.95. The molecule has 0 radical (unpaired) electrons. The van der Waals surface area contributed by atoms with Gasteiger partial charge in [-0.1, -0.05) is 17.7 Å². The zero-order valence-corrected chi connectivity index (χ0v) is 13.3. The molecule has 3 N–H and O–H groups in total. The Balaban J connectivity index is 0.00000361. The van der Waals surface area contributed by atoms with Crippen LogP contribution < -0.4 is 15.8 Å². The predicted octanol–water partition coefficient (Wildman–Crippen LogP) is 2.46. The van der Waals surface area contributed by atoms with E-state index in [1.807, 2.05) is 13.8 Å². The Labute approximate surface area is 130 Å². The molecular formula is C13H20Cl2N2O3. The highest BCUT2D eigenvalue weighted by molar-refractivity contribution is 6.32. The van der Waals surface area contributed by atoms with Crippen LogP contribution >= 0.6 is 24.0 Å². The monoisotopic (exact) mass is 322 g/mol. The molecule has 1 rings (SSSR count). The highest BCUT2D eigenvalue weighted by Gasteiger charge is 2.17. The number of nitrogens with one attached hydrogen (secondary N) is 1. The molecule has 0 aromatic heterocycles. The summed E-state index contributed by atoms with van der Waals surface area (Å²) in [5.74, 6) is 0.0925. The summed E-state index contributed by atoms with van der Waals surface area (Å²) in [5, 5.41) is 3.12. The maximum atomic E-state index is 11.8. The number of carbonyl (C=O) groups excluding carboxylic acids is 1. The van der Waals surface area contributed by atoms with E-state index in [9.17, 15) is 4.79 Å². The molecule has 114 valence electrons. The quantitative estimate of drug-likeness (QED) is 0.843. The minimum Gasteiger partial charge on any atom is -0.487 e. The Bertz CT molecular complexity index is 442. The van der Waals surface area contributed by atoms with Gasteiger partial charge < -0.3 is 20.5 Å². The highest BCUT2D eigenvalue weighted by atomic mass is 35.5. The van der Waals surface area contributed by atoms with Gasteiger partial charge in [-0.2, -0.15) is 0 Å². The van der Waals surface area contributed by atoms with Crippen LogP contribution in [0.4, 0.5) is 5.69 Å². The number of hydrogen-bond acceptors (Lipinski definition) is 4. The zero-order valence-electron chi connectivity index (χ0n) is 11.7. The molecule has 1 amide bonds. The van der Waals surface area contributed by atoms with Crippen LogP contribution in [0.2, 0.25) is 5.02 Å². The molecule has 0 aliphatic rings. The lowest BCUT2D eigenvalue weighted by Gasteiger charge is -2.17. The van der Waals surface area contributed by atoms with E-state index in [1.165, 1.54) is 7.11 Å². The van der Waals surface area contributed by atoms with E-state index in [-0.39, 0.29) is 31.0 Å². The van der Waals surface area contributed by atoms with E-state index in [4.69, 9.17) is 26.8 Å². The van der Waals surface area contributed by atoms with Gasteiger partial charge in [0, 0.05) is 7.11 Å². The van der Waals surface area contributed by atoms with Gasteiger partial charge in [-0.25, -0.2) is 0 Å². The summed E-state index contributed by atoms with van der Waals surface area (Å²) in [6, 6.07) is 4.40. The molecule has 0 spiro atoms. The Morgan fingerprint density at radius 2 is 2.10 bits per heavy atom. The third-order valence-electron chi connectivity index (χ3n) is 2.26. The van der Waals surface area contributed by atoms with Gasteiger partial charge in [0.25, 0.3) is 0 Å². The van der Waals surface area contributed by atoms with E-state index in [1.54, 1.807) is 18.2 Å². The first-order valence-electron chi connectivity index (χ1n) is 5.96. The van der Waals surface area contributed by atoms with Gasteiger partial charge in [-0.3, -0.25) is 4.79 Å². The zero-order chi connectivity index (χ0) is 14.4.